The van der Waals surface area contributed by atoms with Crippen molar-refractivity contribution < 1.29 is 14.3 Å². The van der Waals surface area contributed by atoms with E-state index in [-0.39, 0.29) is 30.9 Å². The number of aromatic amines is 1. The summed E-state index contributed by atoms with van der Waals surface area (Å²) in [5.41, 5.74) is 2.13. The van der Waals surface area contributed by atoms with Gasteiger partial charge in [-0.05, 0) is 31.4 Å². The van der Waals surface area contributed by atoms with Crippen molar-refractivity contribution >= 4 is 22.8 Å². The average Bonchev–Trinajstić information content (AvgIpc) is 2.94. The number of benzene rings is 1. The van der Waals surface area contributed by atoms with E-state index in [0.717, 1.165) is 22.9 Å². The maximum atomic E-state index is 11.7. The molecule has 2 rings (SSSR count). The number of H-pyrrole nitrogens is 1. The summed E-state index contributed by atoms with van der Waals surface area (Å²) in [5, 5.41) is 3.87. The van der Waals surface area contributed by atoms with Crippen molar-refractivity contribution in [3.05, 3.63) is 36.0 Å². The van der Waals surface area contributed by atoms with Gasteiger partial charge in [-0.3, -0.25) is 9.59 Å². The Labute approximate surface area is 130 Å². The molecule has 5 heteroatoms. The van der Waals surface area contributed by atoms with Gasteiger partial charge in [0.15, 0.2) is 6.61 Å². The number of rotatable bonds is 7. The molecule has 1 aromatic carbocycles. The Balaban J connectivity index is 1.77. The highest BCUT2D eigenvalue weighted by molar-refractivity contribution is 5.84. The monoisotopic (exact) mass is 302 g/mol. The number of aryl methyl sites for hydroxylation is 1. The van der Waals surface area contributed by atoms with Crippen LogP contribution >= 0.6 is 0 Å². The number of carbonyl (C=O) groups excluding carboxylic acids is 2. The standard InChI is InChI=1S/C17H22N2O3/c1-3-12(2)19-16(20)11-22-17(21)9-8-13-10-18-15-7-5-4-6-14(13)15/h4-7,10,12,18H,3,8-9,11H2,1-2H3,(H,19,20). The minimum atomic E-state index is -0.357. The first-order valence-corrected chi connectivity index (χ1v) is 7.60. The molecule has 0 bridgehead atoms. The Morgan fingerprint density at radius 3 is 2.86 bits per heavy atom. The van der Waals surface area contributed by atoms with Crippen LogP contribution < -0.4 is 5.32 Å². The summed E-state index contributed by atoms with van der Waals surface area (Å²) in [5.74, 6) is -0.612. The Bertz CT molecular complexity index is 648. The number of carbonyl (C=O) groups is 2. The molecule has 1 amide bonds. The molecular formula is C17H22N2O3. The van der Waals surface area contributed by atoms with E-state index in [9.17, 15) is 9.59 Å². The molecule has 0 saturated heterocycles. The number of amides is 1. The number of ether oxygens (including phenoxy) is 1. The first-order valence-electron chi connectivity index (χ1n) is 7.60. The minimum absolute atomic E-state index is 0.0948. The predicted molar refractivity (Wildman–Crippen MR) is 85.5 cm³/mol. The summed E-state index contributed by atoms with van der Waals surface area (Å²) in [6.45, 7) is 3.69. The Kier molecular flexibility index (Phi) is 5.58. The van der Waals surface area contributed by atoms with E-state index in [1.807, 2.05) is 44.3 Å². The lowest BCUT2D eigenvalue weighted by atomic mass is 10.1. The SMILES string of the molecule is CCC(C)NC(=O)COC(=O)CCc1c[nH]c2ccccc12. The maximum Gasteiger partial charge on any atom is 0.306 e. The van der Waals surface area contributed by atoms with Gasteiger partial charge >= 0.3 is 5.97 Å². The molecular weight excluding hydrogens is 280 g/mol. The summed E-state index contributed by atoms with van der Waals surface area (Å²) in [6, 6.07) is 8.05. The van der Waals surface area contributed by atoms with E-state index in [4.69, 9.17) is 4.74 Å². The molecule has 1 unspecified atom stereocenters. The van der Waals surface area contributed by atoms with E-state index in [0.29, 0.717) is 6.42 Å². The van der Waals surface area contributed by atoms with Crippen molar-refractivity contribution in [1.82, 2.24) is 10.3 Å². The van der Waals surface area contributed by atoms with Gasteiger partial charge in [-0.1, -0.05) is 25.1 Å². The van der Waals surface area contributed by atoms with Gasteiger partial charge < -0.3 is 15.0 Å². The second kappa shape index (κ2) is 7.64. The molecule has 22 heavy (non-hydrogen) atoms. The van der Waals surface area contributed by atoms with Crippen LogP contribution in [0, 0.1) is 0 Å². The quantitative estimate of drug-likeness (QED) is 0.772. The fourth-order valence-corrected chi connectivity index (χ4v) is 2.21. The zero-order valence-corrected chi connectivity index (χ0v) is 13.0. The smallest absolute Gasteiger partial charge is 0.306 e. The van der Waals surface area contributed by atoms with E-state index in [1.54, 1.807) is 0 Å². The number of esters is 1. The molecule has 0 spiro atoms. The van der Waals surface area contributed by atoms with Crippen molar-refractivity contribution in [2.24, 2.45) is 0 Å². The first-order chi connectivity index (χ1) is 10.6. The van der Waals surface area contributed by atoms with Crippen molar-refractivity contribution in [2.45, 2.75) is 39.2 Å². The normalized spacial score (nSPS) is 12.1. The van der Waals surface area contributed by atoms with Crippen LogP contribution in [0.2, 0.25) is 0 Å². The Morgan fingerprint density at radius 1 is 1.32 bits per heavy atom. The predicted octanol–water partition coefficient (Wildman–Crippen LogP) is 2.56. The number of hydrogen-bond acceptors (Lipinski definition) is 3. The molecule has 1 heterocycles. The van der Waals surface area contributed by atoms with Crippen molar-refractivity contribution in [2.75, 3.05) is 6.61 Å². The average molecular weight is 302 g/mol. The number of fused-ring (bicyclic) bond motifs is 1. The Morgan fingerprint density at radius 2 is 2.09 bits per heavy atom. The maximum absolute atomic E-state index is 11.7. The number of hydrogen-bond donors (Lipinski definition) is 2. The van der Waals surface area contributed by atoms with Gasteiger partial charge in [-0.15, -0.1) is 0 Å². The third-order valence-corrected chi connectivity index (χ3v) is 3.66. The zero-order valence-electron chi connectivity index (χ0n) is 13.0. The minimum Gasteiger partial charge on any atom is -0.456 e. The second-order valence-corrected chi connectivity index (χ2v) is 5.40. The van der Waals surface area contributed by atoms with Gasteiger partial charge in [0, 0.05) is 29.6 Å². The third kappa shape index (κ3) is 4.35. The molecule has 0 aliphatic heterocycles. The van der Waals surface area contributed by atoms with Crippen LogP contribution in [-0.4, -0.2) is 29.5 Å². The van der Waals surface area contributed by atoms with Crippen molar-refractivity contribution in [1.29, 1.82) is 0 Å². The molecule has 0 aliphatic carbocycles. The van der Waals surface area contributed by atoms with E-state index < -0.39 is 0 Å². The third-order valence-electron chi connectivity index (χ3n) is 3.66. The molecule has 1 atom stereocenters. The van der Waals surface area contributed by atoms with Gasteiger partial charge in [0.2, 0.25) is 0 Å². The lowest BCUT2D eigenvalue weighted by Crippen LogP contribution is -2.35. The highest BCUT2D eigenvalue weighted by atomic mass is 16.5. The molecule has 0 fully saturated rings. The van der Waals surface area contributed by atoms with E-state index >= 15 is 0 Å². The van der Waals surface area contributed by atoms with Gasteiger partial charge in [-0.25, -0.2) is 0 Å². The van der Waals surface area contributed by atoms with E-state index in [1.165, 1.54) is 0 Å². The molecule has 0 saturated carbocycles. The summed E-state index contributed by atoms with van der Waals surface area (Å²) in [7, 11) is 0. The van der Waals surface area contributed by atoms with Crippen LogP contribution in [0.5, 0.6) is 0 Å². The molecule has 2 N–H and O–H groups in total. The molecule has 0 aliphatic rings. The molecule has 0 radical (unpaired) electrons. The first kappa shape index (κ1) is 16.1. The lowest BCUT2D eigenvalue weighted by molar-refractivity contribution is -0.148. The summed E-state index contributed by atoms with van der Waals surface area (Å²) in [6.07, 6.45) is 3.61. The van der Waals surface area contributed by atoms with Crippen molar-refractivity contribution in [3.8, 4) is 0 Å². The molecule has 2 aromatic rings. The van der Waals surface area contributed by atoms with Crippen LogP contribution in [0.25, 0.3) is 10.9 Å². The Hall–Kier alpha value is -2.30. The lowest BCUT2D eigenvalue weighted by Gasteiger charge is -2.11. The summed E-state index contributed by atoms with van der Waals surface area (Å²) < 4.78 is 5.00. The number of nitrogens with one attached hydrogen (secondary N) is 2. The number of para-hydroxylation sites is 1. The van der Waals surface area contributed by atoms with Crippen LogP contribution in [0.3, 0.4) is 0 Å². The largest absolute Gasteiger partial charge is 0.456 e. The highest BCUT2D eigenvalue weighted by Gasteiger charge is 2.11. The summed E-state index contributed by atoms with van der Waals surface area (Å²) >= 11 is 0. The van der Waals surface area contributed by atoms with Gasteiger partial charge in [0.25, 0.3) is 5.91 Å². The van der Waals surface area contributed by atoms with Crippen LogP contribution in [0.1, 0.15) is 32.3 Å². The summed E-state index contributed by atoms with van der Waals surface area (Å²) in [4.78, 5) is 26.4. The highest BCUT2D eigenvalue weighted by Crippen LogP contribution is 2.19. The zero-order chi connectivity index (χ0) is 15.9. The van der Waals surface area contributed by atoms with Crippen molar-refractivity contribution in [3.63, 3.8) is 0 Å². The van der Waals surface area contributed by atoms with Gasteiger partial charge in [0.05, 0.1) is 0 Å². The fraction of sp³-hybridized carbons (Fsp3) is 0.412. The van der Waals surface area contributed by atoms with E-state index in [2.05, 4.69) is 10.3 Å². The van der Waals surface area contributed by atoms with Crippen LogP contribution in [0.4, 0.5) is 0 Å². The molecule has 5 nitrogen and oxygen atoms in total. The topological polar surface area (TPSA) is 71.2 Å². The molecule has 1 aromatic heterocycles. The molecule has 118 valence electrons. The van der Waals surface area contributed by atoms with Crippen LogP contribution in [-0.2, 0) is 20.7 Å². The number of aromatic nitrogens is 1. The van der Waals surface area contributed by atoms with Crippen LogP contribution in [0.15, 0.2) is 30.5 Å². The second-order valence-electron chi connectivity index (χ2n) is 5.40. The van der Waals surface area contributed by atoms with Gasteiger partial charge in [-0.2, -0.15) is 0 Å². The van der Waals surface area contributed by atoms with Gasteiger partial charge in [0.1, 0.15) is 0 Å². The fourth-order valence-electron chi connectivity index (χ4n) is 2.21.